The van der Waals surface area contributed by atoms with Crippen molar-refractivity contribution in [3.63, 3.8) is 0 Å². The second-order valence-electron chi connectivity index (χ2n) is 9.96. The van der Waals surface area contributed by atoms with Crippen LogP contribution in [0.15, 0.2) is 48.8 Å². The molecule has 0 radical (unpaired) electrons. The first-order valence-corrected chi connectivity index (χ1v) is 12.2. The normalized spacial score (nSPS) is 12.7. The number of fused-ring (bicyclic) bond motifs is 1. The van der Waals surface area contributed by atoms with Crippen molar-refractivity contribution in [1.82, 2.24) is 14.8 Å². The van der Waals surface area contributed by atoms with Gasteiger partial charge in [-0.05, 0) is 74.7 Å². The molecule has 1 amide bonds. The molecule has 212 valence electrons. The van der Waals surface area contributed by atoms with Gasteiger partial charge < -0.3 is 4.90 Å². The molecule has 0 N–H and O–H groups in total. The van der Waals surface area contributed by atoms with Crippen LogP contribution in [0.1, 0.15) is 43.0 Å². The van der Waals surface area contributed by atoms with E-state index in [-0.39, 0.29) is 11.8 Å². The number of likely N-dealkylation sites (N-methyl/N-ethyl adjacent to an activating group) is 1. The quantitative estimate of drug-likeness (QED) is 0.235. The maximum Gasteiger partial charge on any atom is 0.416 e. The minimum atomic E-state index is -5.07. The molecule has 2 aromatic carbocycles. The smallest absolute Gasteiger partial charge is 0.313 e. The summed E-state index contributed by atoms with van der Waals surface area (Å²) in [6.07, 6.45) is -7.21. The number of hydrogen-bond acceptors (Lipinski definition) is 3. The van der Waals surface area contributed by atoms with Crippen molar-refractivity contribution in [1.29, 1.82) is 0 Å². The second-order valence-corrected chi connectivity index (χ2v) is 9.96. The molecular formula is C28H25F7N4O. The van der Waals surface area contributed by atoms with Gasteiger partial charge in [-0.3, -0.25) is 4.79 Å². The molecule has 2 aromatic heterocycles. The predicted molar refractivity (Wildman–Crippen MR) is 136 cm³/mol. The number of carbonyl (C=O) groups excluding carboxylic acids is 1. The Bertz CT molecular complexity index is 1570. The molecule has 0 aliphatic rings. The fraction of sp³-hybridized carbons (Fsp3) is 0.321. The minimum absolute atomic E-state index is 0.0203. The van der Waals surface area contributed by atoms with Crippen LogP contribution in [0.4, 0.5) is 36.4 Å². The van der Waals surface area contributed by atoms with Gasteiger partial charge in [0.1, 0.15) is 5.82 Å². The van der Waals surface area contributed by atoms with Crippen LogP contribution in [-0.2, 0) is 29.1 Å². The van der Waals surface area contributed by atoms with E-state index in [1.807, 2.05) is 6.92 Å². The van der Waals surface area contributed by atoms with Gasteiger partial charge in [-0.1, -0.05) is 6.07 Å². The number of nitrogens with zero attached hydrogens (tertiary/aromatic N) is 4. The van der Waals surface area contributed by atoms with E-state index in [1.165, 1.54) is 45.3 Å². The van der Waals surface area contributed by atoms with Gasteiger partial charge in [0.2, 0.25) is 5.91 Å². The number of benzene rings is 2. The molecule has 0 saturated carbocycles. The lowest BCUT2D eigenvalue weighted by Gasteiger charge is -2.32. The molecule has 0 unspecified atom stereocenters. The molecule has 0 bridgehead atoms. The third-order valence-electron chi connectivity index (χ3n) is 6.91. The van der Waals surface area contributed by atoms with Crippen LogP contribution in [0.3, 0.4) is 0 Å². The number of anilines is 1. The van der Waals surface area contributed by atoms with Gasteiger partial charge in [0, 0.05) is 24.5 Å². The summed E-state index contributed by atoms with van der Waals surface area (Å²) in [7, 11) is 1.36. The average molecular weight is 567 g/mol. The Kier molecular flexibility index (Phi) is 7.19. The lowest BCUT2D eigenvalue weighted by Crippen LogP contribution is -2.42. The molecule has 0 saturated heterocycles. The van der Waals surface area contributed by atoms with Gasteiger partial charge >= 0.3 is 12.4 Å². The standard InChI is InChI=1S/C28H25F7N4O/c1-6-39-24-21(13-37-39)23(20-8-7-19(29)9-15(20)2)22(14-36-24)38(5)25(40)26(3,4)16-10-17(27(30,31)32)12-18(11-16)28(33,34)35/h7-14H,6H2,1-5H3. The number of rotatable bonds is 5. The number of carbonyl (C=O) groups is 1. The monoisotopic (exact) mass is 566 g/mol. The Morgan fingerprint density at radius 1 is 0.925 bits per heavy atom. The van der Waals surface area contributed by atoms with Crippen LogP contribution in [0.2, 0.25) is 0 Å². The number of pyridine rings is 1. The summed E-state index contributed by atoms with van der Waals surface area (Å²) in [4.78, 5) is 19.4. The number of aromatic nitrogens is 3. The van der Waals surface area contributed by atoms with Crippen molar-refractivity contribution in [2.75, 3.05) is 11.9 Å². The van der Waals surface area contributed by atoms with Crippen LogP contribution in [0, 0.1) is 12.7 Å². The molecule has 40 heavy (non-hydrogen) atoms. The van der Waals surface area contributed by atoms with Gasteiger partial charge in [0.05, 0.1) is 34.6 Å². The van der Waals surface area contributed by atoms with E-state index >= 15 is 0 Å². The van der Waals surface area contributed by atoms with E-state index in [9.17, 15) is 35.5 Å². The number of aryl methyl sites for hydroxylation is 2. The molecule has 2 heterocycles. The van der Waals surface area contributed by atoms with Crippen LogP contribution < -0.4 is 4.90 Å². The molecule has 0 atom stereocenters. The van der Waals surface area contributed by atoms with E-state index in [4.69, 9.17) is 0 Å². The lowest BCUT2D eigenvalue weighted by atomic mass is 9.81. The summed E-state index contributed by atoms with van der Waals surface area (Å²) in [5.74, 6) is -1.27. The molecule has 12 heteroatoms. The maximum atomic E-state index is 13.9. The zero-order valence-electron chi connectivity index (χ0n) is 22.2. The van der Waals surface area contributed by atoms with Crippen molar-refractivity contribution in [2.24, 2.45) is 0 Å². The second kappa shape index (κ2) is 9.90. The molecule has 0 spiro atoms. The summed E-state index contributed by atoms with van der Waals surface area (Å²) in [6, 6.07) is 5.21. The highest BCUT2D eigenvalue weighted by atomic mass is 19.4. The van der Waals surface area contributed by atoms with Crippen molar-refractivity contribution in [3.05, 3.63) is 76.9 Å². The largest absolute Gasteiger partial charge is 0.416 e. The van der Waals surface area contributed by atoms with Crippen molar-refractivity contribution in [2.45, 2.75) is 52.0 Å². The zero-order chi connectivity index (χ0) is 29.8. The third-order valence-corrected chi connectivity index (χ3v) is 6.91. The average Bonchev–Trinajstić information content (AvgIpc) is 3.29. The maximum absolute atomic E-state index is 13.9. The summed E-state index contributed by atoms with van der Waals surface area (Å²) >= 11 is 0. The van der Waals surface area contributed by atoms with Crippen LogP contribution in [0.5, 0.6) is 0 Å². The Morgan fingerprint density at radius 3 is 2.02 bits per heavy atom. The van der Waals surface area contributed by atoms with E-state index in [0.717, 1.165) is 4.90 Å². The first kappa shape index (κ1) is 29.0. The molecule has 0 fully saturated rings. The number of amides is 1. The first-order valence-electron chi connectivity index (χ1n) is 12.2. The highest BCUT2D eigenvalue weighted by Gasteiger charge is 2.41. The van der Waals surface area contributed by atoms with Crippen LogP contribution in [-0.4, -0.2) is 27.7 Å². The molecular weight excluding hydrogens is 541 g/mol. The Labute approximate surface area is 225 Å². The molecule has 0 aliphatic heterocycles. The first-order chi connectivity index (χ1) is 18.5. The number of alkyl halides is 6. The van der Waals surface area contributed by atoms with Gasteiger partial charge in [-0.25, -0.2) is 14.1 Å². The number of halogens is 7. The predicted octanol–water partition coefficient (Wildman–Crippen LogP) is 7.54. The fourth-order valence-corrected chi connectivity index (χ4v) is 4.66. The highest BCUT2D eigenvalue weighted by molar-refractivity contribution is 6.08. The van der Waals surface area contributed by atoms with E-state index in [1.54, 1.807) is 17.8 Å². The Balaban J connectivity index is 1.90. The van der Waals surface area contributed by atoms with Crippen LogP contribution in [0.25, 0.3) is 22.2 Å². The van der Waals surface area contributed by atoms with Gasteiger partial charge in [0.15, 0.2) is 5.65 Å². The fourth-order valence-electron chi connectivity index (χ4n) is 4.66. The van der Waals surface area contributed by atoms with E-state index in [0.29, 0.717) is 46.4 Å². The van der Waals surface area contributed by atoms with E-state index in [2.05, 4.69) is 10.1 Å². The molecule has 0 aliphatic carbocycles. The zero-order valence-corrected chi connectivity index (χ0v) is 22.2. The minimum Gasteiger partial charge on any atom is -0.313 e. The highest BCUT2D eigenvalue weighted by Crippen LogP contribution is 2.42. The van der Waals surface area contributed by atoms with Crippen molar-refractivity contribution in [3.8, 4) is 11.1 Å². The summed E-state index contributed by atoms with van der Waals surface area (Å²) in [5.41, 5.74) is -3.06. The van der Waals surface area contributed by atoms with E-state index < -0.39 is 46.2 Å². The Morgan fingerprint density at radius 2 is 1.50 bits per heavy atom. The molecule has 5 nitrogen and oxygen atoms in total. The summed E-state index contributed by atoms with van der Waals surface area (Å²) < 4.78 is 96.7. The van der Waals surface area contributed by atoms with Crippen molar-refractivity contribution >= 4 is 22.6 Å². The third kappa shape index (κ3) is 5.14. The van der Waals surface area contributed by atoms with Crippen molar-refractivity contribution < 1.29 is 35.5 Å². The van der Waals surface area contributed by atoms with Gasteiger partial charge in [0.25, 0.3) is 0 Å². The van der Waals surface area contributed by atoms with Gasteiger partial charge in [-0.2, -0.15) is 31.4 Å². The summed E-state index contributed by atoms with van der Waals surface area (Å²) in [6.45, 7) is 6.52. The van der Waals surface area contributed by atoms with Gasteiger partial charge in [-0.15, -0.1) is 0 Å². The summed E-state index contributed by atoms with van der Waals surface area (Å²) in [5, 5.41) is 4.85. The topological polar surface area (TPSA) is 51.0 Å². The number of hydrogen-bond donors (Lipinski definition) is 0. The van der Waals surface area contributed by atoms with Crippen LogP contribution >= 0.6 is 0 Å². The molecule has 4 aromatic rings. The SMILES string of the molecule is CCn1ncc2c(-c3ccc(F)cc3C)c(N(C)C(=O)C(C)(C)c3cc(C(F)(F)F)cc(C(F)(F)F)c3)cnc21. The lowest BCUT2D eigenvalue weighted by molar-refractivity contribution is -0.143. The molecule has 4 rings (SSSR count). The Hall–Kier alpha value is -3.96.